The molecule has 0 aliphatic heterocycles. The largest absolute Gasteiger partial charge is 0.550 e. The van der Waals surface area contributed by atoms with Gasteiger partial charge in [0.1, 0.15) is 0 Å². The molecule has 1 heterocycles. The normalized spacial score (nSPS) is 11.9. The van der Waals surface area contributed by atoms with Gasteiger partial charge in [-0.05, 0) is 29.1 Å². The quantitative estimate of drug-likeness (QED) is 0.907. The number of halogens is 2. The Labute approximate surface area is 135 Å². The van der Waals surface area contributed by atoms with E-state index >= 15 is 0 Å². The zero-order valence-corrected chi connectivity index (χ0v) is 13.0. The van der Waals surface area contributed by atoms with Gasteiger partial charge in [0, 0.05) is 22.4 Å². The number of carbonyl (C=O) groups is 2. The Morgan fingerprint density at radius 2 is 2.05 bits per heavy atom. The van der Waals surface area contributed by atoms with Crippen molar-refractivity contribution in [3.63, 3.8) is 0 Å². The van der Waals surface area contributed by atoms with Crippen LogP contribution in [0.15, 0.2) is 35.7 Å². The van der Waals surface area contributed by atoms with Crippen LogP contribution < -0.4 is 10.4 Å². The molecule has 110 valence electrons. The van der Waals surface area contributed by atoms with Crippen LogP contribution in [0.4, 0.5) is 0 Å². The summed E-state index contributed by atoms with van der Waals surface area (Å²) < 4.78 is 0. The number of aliphatic carboxylic acids is 1. The van der Waals surface area contributed by atoms with Crippen LogP contribution >= 0.6 is 34.5 Å². The van der Waals surface area contributed by atoms with E-state index in [-0.39, 0.29) is 12.3 Å². The van der Waals surface area contributed by atoms with Crippen molar-refractivity contribution in [3.05, 3.63) is 56.2 Å². The molecule has 0 unspecified atom stereocenters. The standard InChI is InChI=1S/C14H11Cl2NO3S/c15-8-3-4-9(10(16)6-8)11(7-13(18)19)17-14(20)12-2-1-5-21-12/h1-6,11H,7H2,(H,17,20)(H,18,19)/p-1/t11-/m0/s1. The second-order valence-electron chi connectivity index (χ2n) is 4.25. The van der Waals surface area contributed by atoms with Crippen molar-refractivity contribution in [1.82, 2.24) is 5.32 Å². The van der Waals surface area contributed by atoms with E-state index in [1.807, 2.05) is 0 Å². The maximum Gasteiger partial charge on any atom is 0.261 e. The molecule has 0 fully saturated rings. The third-order valence-electron chi connectivity index (χ3n) is 2.76. The Balaban J connectivity index is 2.25. The molecule has 1 N–H and O–H groups in total. The van der Waals surface area contributed by atoms with Crippen molar-refractivity contribution in [2.75, 3.05) is 0 Å². The summed E-state index contributed by atoms with van der Waals surface area (Å²) in [5, 5.41) is 16.0. The van der Waals surface area contributed by atoms with E-state index in [1.165, 1.54) is 17.4 Å². The second kappa shape index (κ2) is 6.93. The minimum Gasteiger partial charge on any atom is -0.550 e. The number of carboxylic acid groups (broad SMARTS) is 1. The van der Waals surface area contributed by atoms with Crippen molar-refractivity contribution in [3.8, 4) is 0 Å². The van der Waals surface area contributed by atoms with E-state index in [1.54, 1.807) is 29.6 Å². The number of rotatable bonds is 5. The molecular formula is C14H10Cl2NO3S-. The molecule has 0 spiro atoms. The maximum atomic E-state index is 12.1. The van der Waals surface area contributed by atoms with Crippen LogP contribution in [0, 0.1) is 0 Å². The van der Waals surface area contributed by atoms with E-state index in [9.17, 15) is 14.7 Å². The minimum absolute atomic E-state index is 0.292. The van der Waals surface area contributed by atoms with Gasteiger partial charge in [-0.25, -0.2) is 0 Å². The van der Waals surface area contributed by atoms with Gasteiger partial charge >= 0.3 is 0 Å². The summed E-state index contributed by atoms with van der Waals surface area (Å²) in [7, 11) is 0. The smallest absolute Gasteiger partial charge is 0.261 e. The highest BCUT2D eigenvalue weighted by Crippen LogP contribution is 2.28. The summed E-state index contributed by atoms with van der Waals surface area (Å²) in [4.78, 5) is 23.5. The molecule has 0 saturated carbocycles. The number of hydrogen-bond acceptors (Lipinski definition) is 4. The summed E-state index contributed by atoms with van der Waals surface area (Å²) in [5.41, 5.74) is 0.482. The maximum absolute atomic E-state index is 12.1. The molecule has 1 aromatic heterocycles. The molecule has 0 saturated heterocycles. The van der Waals surface area contributed by atoms with Crippen molar-refractivity contribution in [2.45, 2.75) is 12.5 Å². The SMILES string of the molecule is O=C([O-])C[C@H](NC(=O)c1cccs1)c1ccc(Cl)cc1Cl. The number of carboxylic acids is 1. The van der Waals surface area contributed by atoms with E-state index in [0.717, 1.165) is 0 Å². The predicted octanol–water partition coefficient (Wildman–Crippen LogP) is 2.67. The van der Waals surface area contributed by atoms with Crippen LogP contribution in [0.1, 0.15) is 27.7 Å². The average Bonchev–Trinajstić information content (AvgIpc) is 2.91. The second-order valence-corrected chi connectivity index (χ2v) is 6.04. The van der Waals surface area contributed by atoms with Gasteiger partial charge in [0.2, 0.25) is 0 Å². The summed E-state index contributed by atoms with van der Waals surface area (Å²) in [5.74, 6) is -1.64. The van der Waals surface area contributed by atoms with Gasteiger partial charge in [0.25, 0.3) is 5.91 Å². The van der Waals surface area contributed by atoms with Gasteiger partial charge in [-0.3, -0.25) is 4.79 Å². The Morgan fingerprint density at radius 3 is 2.62 bits per heavy atom. The number of nitrogens with one attached hydrogen (secondary N) is 1. The Bertz CT molecular complexity index is 658. The number of carbonyl (C=O) groups excluding carboxylic acids is 2. The fourth-order valence-electron chi connectivity index (χ4n) is 1.83. The van der Waals surface area contributed by atoms with Gasteiger partial charge < -0.3 is 15.2 Å². The number of thiophene rings is 1. The van der Waals surface area contributed by atoms with Crippen molar-refractivity contribution in [1.29, 1.82) is 0 Å². The lowest BCUT2D eigenvalue weighted by Crippen LogP contribution is -2.34. The molecular weight excluding hydrogens is 333 g/mol. The Morgan fingerprint density at radius 1 is 1.29 bits per heavy atom. The van der Waals surface area contributed by atoms with E-state index in [2.05, 4.69) is 5.32 Å². The van der Waals surface area contributed by atoms with Crippen LogP contribution in [0.2, 0.25) is 10.0 Å². The molecule has 0 radical (unpaired) electrons. The van der Waals surface area contributed by atoms with Gasteiger partial charge in [-0.1, -0.05) is 35.3 Å². The highest BCUT2D eigenvalue weighted by Gasteiger charge is 2.19. The van der Waals surface area contributed by atoms with Crippen LogP contribution in [0.5, 0.6) is 0 Å². The third-order valence-corrected chi connectivity index (χ3v) is 4.19. The highest BCUT2D eigenvalue weighted by molar-refractivity contribution is 7.12. The summed E-state index contributed by atoms with van der Waals surface area (Å²) >= 11 is 13.1. The fourth-order valence-corrected chi connectivity index (χ4v) is 2.99. The first-order valence-corrected chi connectivity index (χ1v) is 7.60. The van der Waals surface area contributed by atoms with E-state index < -0.39 is 12.0 Å². The number of benzene rings is 1. The number of hydrogen-bond donors (Lipinski definition) is 1. The highest BCUT2D eigenvalue weighted by atomic mass is 35.5. The van der Waals surface area contributed by atoms with Crippen LogP contribution in [0.25, 0.3) is 0 Å². The lowest BCUT2D eigenvalue weighted by molar-refractivity contribution is -0.306. The fraction of sp³-hybridized carbons (Fsp3) is 0.143. The zero-order chi connectivity index (χ0) is 15.4. The molecule has 7 heteroatoms. The molecule has 1 amide bonds. The molecule has 0 bridgehead atoms. The summed E-state index contributed by atoms with van der Waals surface area (Å²) in [6, 6.07) is 7.28. The van der Waals surface area contributed by atoms with Crippen molar-refractivity contribution < 1.29 is 14.7 Å². The zero-order valence-electron chi connectivity index (χ0n) is 10.6. The molecule has 2 rings (SSSR count). The van der Waals surface area contributed by atoms with Gasteiger partial charge in [-0.15, -0.1) is 11.3 Å². The molecule has 0 aliphatic rings. The Hall–Kier alpha value is -1.56. The first-order valence-electron chi connectivity index (χ1n) is 5.96. The van der Waals surface area contributed by atoms with Gasteiger partial charge in [0.05, 0.1) is 10.9 Å². The minimum atomic E-state index is -1.28. The molecule has 1 atom stereocenters. The van der Waals surface area contributed by atoms with Crippen LogP contribution in [-0.4, -0.2) is 11.9 Å². The molecule has 21 heavy (non-hydrogen) atoms. The van der Waals surface area contributed by atoms with Crippen LogP contribution in [-0.2, 0) is 4.79 Å². The molecule has 1 aromatic carbocycles. The van der Waals surface area contributed by atoms with Crippen molar-refractivity contribution >= 4 is 46.4 Å². The summed E-state index contributed by atoms with van der Waals surface area (Å²) in [6.45, 7) is 0. The van der Waals surface area contributed by atoms with Crippen molar-refractivity contribution in [2.24, 2.45) is 0 Å². The lowest BCUT2D eigenvalue weighted by Gasteiger charge is -2.20. The van der Waals surface area contributed by atoms with Gasteiger partial charge in [-0.2, -0.15) is 0 Å². The first kappa shape index (κ1) is 15.8. The molecule has 2 aromatic rings. The van der Waals surface area contributed by atoms with Gasteiger partial charge in [0.15, 0.2) is 0 Å². The first-order chi connectivity index (χ1) is 9.97. The number of amides is 1. The topological polar surface area (TPSA) is 69.2 Å². The van der Waals surface area contributed by atoms with Crippen LogP contribution in [0.3, 0.4) is 0 Å². The van der Waals surface area contributed by atoms with E-state index in [4.69, 9.17) is 23.2 Å². The lowest BCUT2D eigenvalue weighted by atomic mass is 10.0. The summed E-state index contributed by atoms with van der Waals surface area (Å²) in [6.07, 6.45) is -0.377. The van der Waals surface area contributed by atoms with E-state index in [0.29, 0.717) is 20.5 Å². The third kappa shape index (κ3) is 4.20. The predicted molar refractivity (Wildman–Crippen MR) is 80.6 cm³/mol. The Kier molecular flexibility index (Phi) is 5.22. The monoisotopic (exact) mass is 342 g/mol. The molecule has 0 aliphatic carbocycles. The molecule has 4 nitrogen and oxygen atoms in total. The average molecular weight is 343 g/mol.